The van der Waals surface area contributed by atoms with Crippen LogP contribution in [0, 0.1) is 0 Å². The van der Waals surface area contributed by atoms with Crippen LogP contribution in [0.3, 0.4) is 0 Å². The van der Waals surface area contributed by atoms with Crippen LogP contribution in [0.2, 0.25) is 0 Å². The van der Waals surface area contributed by atoms with E-state index in [0.29, 0.717) is 18.9 Å². The van der Waals surface area contributed by atoms with Crippen LogP contribution in [0.5, 0.6) is 0 Å². The van der Waals surface area contributed by atoms with Crippen LogP contribution >= 0.6 is 0 Å². The van der Waals surface area contributed by atoms with Gasteiger partial charge in [-0.1, -0.05) is 0 Å². The summed E-state index contributed by atoms with van der Waals surface area (Å²) in [6.07, 6.45) is -3.26. The molecule has 0 spiro atoms. The summed E-state index contributed by atoms with van der Waals surface area (Å²) in [5.74, 6) is -2.58. The van der Waals surface area contributed by atoms with Crippen LogP contribution in [0.4, 0.5) is 18.9 Å². The topological polar surface area (TPSA) is 86.7 Å². The van der Waals surface area contributed by atoms with Gasteiger partial charge in [0.05, 0.1) is 5.56 Å². The summed E-state index contributed by atoms with van der Waals surface area (Å²) in [6, 6.07) is 1.44. The predicted octanol–water partition coefficient (Wildman–Crippen LogP) is 2.74. The number of anilines is 1. The fourth-order valence-corrected chi connectivity index (χ4v) is 2.79. The Kier molecular flexibility index (Phi) is 5.34. The molecule has 2 N–H and O–H groups in total. The van der Waals surface area contributed by atoms with Crippen molar-refractivity contribution in [3.8, 4) is 0 Å². The molecule has 1 aliphatic heterocycles. The summed E-state index contributed by atoms with van der Waals surface area (Å²) in [4.78, 5) is 36.1. The van der Waals surface area contributed by atoms with E-state index in [1.807, 2.05) is 0 Å². The van der Waals surface area contributed by atoms with Crippen LogP contribution < -0.4 is 5.32 Å². The summed E-state index contributed by atoms with van der Waals surface area (Å²) in [5, 5.41) is 11.5. The highest BCUT2D eigenvalue weighted by molar-refractivity contribution is 5.99. The highest BCUT2D eigenvalue weighted by Gasteiger charge is 2.35. The summed E-state index contributed by atoms with van der Waals surface area (Å²) in [7, 11) is 0. The van der Waals surface area contributed by atoms with Crippen LogP contribution in [-0.2, 0) is 15.8 Å². The molecule has 1 aromatic rings. The lowest BCUT2D eigenvalue weighted by molar-refractivity contribution is -0.143. The third-order valence-electron chi connectivity index (χ3n) is 3.88. The molecule has 0 unspecified atom stereocenters. The van der Waals surface area contributed by atoms with Crippen molar-refractivity contribution in [1.29, 1.82) is 0 Å². The molecule has 1 aliphatic rings. The molecule has 1 atom stereocenters. The maximum absolute atomic E-state index is 13.1. The number of carboxylic acids is 1. The standard InChI is InChI=1S/C16H17F3N2O4/c1-9(22)20-12-7-10(6-11(8-12)16(17,18)19)14(23)21-5-3-2-4-13(21)15(24)25/h6-8,13H,2-5H2,1H3,(H,20,22)(H,24,25)/t13-/m1/s1. The molecule has 25 heavy (non-hydrogen) atoms. The first-order valence-corrected chi connectivity index (χ1v) is 7.63. The fourth-order valence-electron chi connectivity index (χ4n) is 2.79. The maximum Gasteiger partial charge on any atom is 0.416 e. The third kappa shape index (κ3) is 4.49. The first-order chi connectivity index (χ1) is 11.6. The van der Waals surface area contributed by atoms with Gasteiger partial charge in [0.15, 0.2) is 0 Å². The lowest BCUT2D eigenvalue weighted by Gasteiger charge is -2.33. The first kappa shape index (κ1) is 18.8. The SMILES string of the molecule is CC(=O)Nc1cc(C(=O)N2CCCC[C@@H]2C(=O)O)cc(C(F)(F)F)c1. The molecule has 136 valence electrons. The number of carbonyl (C=O) groups excluding carboxylic acids is 2. The zero-order valence-electron chi connectivity index (χ0n) is 13.4. The number of piperidine rings is 1. The Labute approximate surface area is 141 Å². The number of carbonyl (C=O) groups is 3. The van der Waals surface area contributed by atoms with Crippen molar-refractivity contribution in [1.82, 2.24) is 4.90 Å². The van der Waals surface area contributed by atoms with Crippen molar-refractivity contribution >= 4 is 23.5 Å². The zero-order valence-corrected chi connectivity index (χ0v) is 13.4. The van der Waals surface area contributed by atoms with E-state index in [9.17, 15) is 32.7 Å². The van der Waals surface area contributed by atoms with Crippen molar-refractivity contribution in [2.75, 3.05) is 11.9 Å². The van der Waals surface area contributed by atoms with E-state index in [2.05, 4.69) is 5.32 Å². The minimum absolute atomic E-state index is 0.154. The average molecular weight is 358 g/mol. The Morgan fingerprint density at radius 1 is 1.20 bits per heavy atom. The first-order valence-electron chi connectivity index (χ1n) is 7.63. The van der Waals surface area contributed by atoms with Gasteiger partial charge in [0.1, 0.15) is 6.04 Å². The molecule has 6 nitrogen and oxygen atoms in total. The van der Waals surface area contributed by atoms with Crippen molar-refractivity contribution in [3.05, 3.63) is 29.3 Å². The average Bonchev–Trinajstić information content (AvgIpc) is 2.52. The van der Waals surface area contributed by atoms with Crippen LogP contribution in [0.15, 0.2) is 18.2 Å². The number of rotatable bonds is 3. The molecule has 0 bridgehead atoms. The number of aliphatic carboxylic acids is 1. The predicted molar refractivity (Wildman–Crippen MR) is 82.1 cm³/mol. The van der Waals surface area contributed by atoms with Gasteiger partial charge in [-0.15, -0.1) is 0 Å². The maximum atomic E-state index is 13.1. The minimum Gasteiger partial charge on any atom is -0.480 e. The second kappa shape index (κ2) is 7.12. The number of alkyl halides is 3. The molecule has 0 radical (unpaired) electrons. The Bertz CT molecular complexity index is 703. The Hall–Kier alpha value is -2.58. The number of hydrogen-bond acceptors (Lipinski definition) is 3. The lowest BCUT2D eigenvalue weighted by atomic mass is 10.00. The van der Waals surface area contributed by atoms with Gasteiger partial charge in [-0.2, -0.15) is 13.2 Å². The van der Waals surface area contributed by atoms with Crippen molar-refractivity contribution < 1.29 is 32.7 Å². The highest BCUT2D eigenvalue weighted by atomic mass is 19.4. The number of nitrogens with zero attached hydrogens (tertiary/aromatic N) is 1. The van der Waals surface area contributed by atoms with E-state index in [-0.39, 0.29) is 24.2 Å². The number of nitrogens with one attached hydrogen (secondary N) is 1. The van der Waals surface area contributed by atoms with Crippen molar-refractivity contribution in [2.45, 2.75) is 38.4 Å². The number of amides is 2. The smallest absolute Gasteiger partial charge is 0.416 e. The van der Waals surface area contributed by atoms with Gasteiger partial charge < -0.3 is 15.3 Å². The molecule has 9 heteroatoms. The molecule has 2 amide bonds. The van der Waals surface area contributed by atoms with Crippen LogP contribution in [0.25, 0.3) is 0 Å². The van der Waals surface area contributed by atoms with E-state index in [1.54, 1.807) is 0 Å². The van der Waals surface area contributed by atoms with Gasteiger partial charge in [-0.3, -0.25) is 9.59 Å². The Morgan fingerprint density at radius 3 is 2.44 bits per heavy atom. The summed E-state index contributed by atoms with van der Waals surface area (Å²) < 4.78 is 39.2. The van der Waals surface area contributed by atoms with Crippen molar-refractivity contribution in [3.63, 3.8) is 0 Å². The molecule has 0 aromatic heterocycles. The zero-order chi connectivity index (χ0) is 18.8. The molecule has 2 rings (SSSR count). The minimum atomic E-state index is -4.71. The van der Waals surface area contributed by atoms with E-state index in [0.717, 1.165) is 24.0 Å². The van der Waals surface area contributed by atoms with E-state index in [4.69, 9.17) is 0 Å². The molecule has 1 heterocycles. The summed E-state index contributed by atoms with van der Waals surface area (Å²) in [6.45, 7) is 1.29. The summed E-state index contributed by atoms with van der Waals surface area (Å²) in [5.41, 5.74) is -1.58. The van der Waals surface area contributed by atoms with E-state index in [1.165, 1.54) is 0 Å². The van der Waals surface area contributed by atoms with Crippen LogP contribution in [0.1, 0.15) is 42.1 Å². The molecule has 0 aliphatic carbocycles. The molecular weight excluding hydrogens is 341 g/mol. The molecule has 0 saturated carbocycles. The Balaban J connectivity index is 2.43. The van der Waals surface area contributed by atoms with Gasteiger partial charge in [0.2, 0.25) is 5.91 Å². The van der Waals surface area contributed by atoms with Gasteiger partial charge in [-0.05, 0) is 37.5 Å². The van der Waals surface area contributed by atoms with Gasteiger partial charge in [0.25, 0.3) is 5.91 Å². The third-order valence-corrected chi connectivity index (χ3v) is 3.88. The van der Waals surface area contributed by atoms with E-state index >= 15 is 0 Å². The van der Waals surface area contributed by atoms with Gasteiger partial charge in [-0.25, -0.2) is 4.79 Å². The monoisotopic (exact) mass is 358 g/mol. The molecule has 1 aromatic carbocycles. The molecule has 1 fully saturated rings. The number of hydrogen-bond donors (Lipinski definition) is 2. The second-order valence-corrected chi connectivity index (χ2v) is 5.83. The number of halogens is 3. The molecule has 1 saturated heterocycles. The lowest BCUT2D eigenvalue weighted by Crippen LogP contribution is -2.48. The normalized spacial score (nSPS) is 17.9. The fraction of sp³-hybridized carbons (Fsp3) is 0.438. The van der Waals surface area contributed by atoms with Crippen molar-refractivity contribution in [2.24, 2.45) is 0 Å². The summed E-state index contributed by atoms with van der Waals surface area (Å²) >= 11 is 0. The molecular formula is C16H17F3N2O4. The number of benzene rings is 1. The van der Waals surface area contributed by atoms with Gasteiger partial charge in [0, 0.05) is 24.7 Å². The second-order valence-electron chi connectivity index (χ2n) is 5.83. The number of likely N-dealkylation sites (tertiary alicyclic amines) is 1. The van der Waals surface area contributed by atoms with Gasteiger partial charge >= 0.3 is 12.1 Å². The van der Waals surface area contributed by atoms with Crippen LogP contribution in [-0.4, -0.2) is 40.4 Å². The highest BCUT2D eigenvalue weighted by Crippen LogP contribution is 2.33. The largest absolute Gasteiger partial charge is 0.480 e. The quantitative estimate of drug-likeness (QED) is 0.870. The van der Waals surface area contributed by atoms with E-state index < -0.39 is 35.6 Å². The number of carboxylic acid groups (broad SMARTS) is 1. The Morgan fingerprint density at radius 2 is 1.88 bits per heavy atom.